The summed E-state index contributed by atoms with van der Waals surface area (Å²) in [5.41, 5.74) is 2.26. The lowest BCUT2D eigenvalue weighted by atomic mass is 10.1. The van der Waals surface area contributed by atoms with Crippen LogP contribution >= 0.6 is 35.2 Å². The van der Waals surface area contributed by atoms with Crippen LogP contribution < -0.4 is 15.5 Å². The first kappa shape index (κ1) is 23.1. The van der Waals surface area contributed by atoms with E-state index in [0.717, 1.165) is 43.6 Å². The maximum Gasteiger partial charge on any atom is 0.293 e. The maximum atomic E-state index is 12.7. The van der Waals surface area contributed by atoms with Crippen molar-refractivity contribution >= 4 is 62.7 Å². The van der Waals surface area contributed by atoms with Crippen LogP contribution in [0, 0.1) is 10.1 Å². The first-order valence-corrected chi connectivity index (χ1v) is 11.9. The zero-order chi connectivity index (χ0) is 23.4. The quantitative estimate of drug-likeness (QED) is 0.271. The van der Waals surface area contributed by atoms with Gasteiger partial charge in [0, 0.05) is 40.7 Å². The number of rotatable bonds is 5. The van der Waals surface area contributed by atoms with Crippen molar-refractivity contribution in [3.8, 4) is 11.3 Å². The normalized spacial score (nSPS) is 13.4. The summed E-state index contributed by atoms with van der Waals surface area (Å²) < 4.78 is 0. The van der Waals surface area contributed by atoms with Crippen LogP contribution in [0.2, 0.25) is 5.02 Å². The first-order valence-electron chi connectivity index (χ1n) is 10.3. The Morgan fingerprint density at radius 2 is 1.88 bits per heavy atom. The summed E-state index contributed by atoms with van der Waals surface area (Å²) in [7, 11) is 0. The van der Waals surface area contributed by atoms with Gasteiger partial charge >= 0.3 is 0 Å². The summed E-state index contributed by atoms with van der Waals surface area (Å²) in [4.78, 5) is 30.3. The molecule has 2 heterocycles. The van der Waals surface area contributed by atoms with Gasteiger partial charge in [-0.05, 0) is 55.7 Å². The van der Waals surface area contributed by atoms with Crippen LogP contribution in [0.4, 0.5) is 16.5 Å². The summed E-state index contributed by atoms with van der Waals surface area (Å²) in [5, 5.41) is 20.1. The van der Waals surface area contributed by atoms with Crippen LogP contribution in [0.3, 0.4) is 0 Å². The van der Waals surface area contributed by atoms with E-state index >= 15 is 0 Å². The molecule has 170 valence electrons. The van der Waals surface area contributed by atoms with E-state index in [2.05, 4.69) is 15.6 Å². The Morgan fingerprint density at radius 3 is 2.58 bits per heavy atom. The van der Waals surface area contributed by atoms with Crippen molar-refractivity contribution in [3.63, 3.8) is 0 Å². The van der Waals surface area contributed by atoms with E-state index in [1.54, 1.807) is 24.3 Å². The number of nitrogens with one attached hydrogen (secondary N) is 2. The number of hydrogen-bond acceptors (Lipinski definition) is 7. The molecule has 33 heavy (non-hydrogen) atoms. The molecule has 1 aliphatic rings. The van der Waals surface area contributed by atoms with E-state index in [0.29, 0.717) is 15.8 Å². The third kappa shape index (κ3) is 5.65. The average Bonchev–Trinajstić information content (AvgIpc) is 3.27. The third-order valence-electron chi connectivity index (χ3n) is 5.22. The van der Waals surface area contributed by atoms with Crippen LogP contribution in [0.25, 0.3) is 11.3 Å². The number of thiocarbonyl (C=S) groups is 1. The van der Waals surface area contributed by atoms with Crippen molar-refractivity contribution in [1.82, 2.24) is 10.3 Å². The fourth-order valence-electron chi connectivity index (χ4n) is 3.60. The van der Waals surface area contributed by atoms with Gasteiger partial charge in [0.15, 0.2) is 10.2 Å². The van der Waals surface area contributed by atoms with E-state index in [9.17, 15) is 14.9 Å². The maximum absolute atomic E-state index is 12.7. The molecule has 2 N–H and O–H groups in total. The molecule has 8 nitrogen and oxygen atoms in total. The van der Waals surface area contributed by atoms with Crippen molar-refractivity contribution in [1.29, 1.82) is 0 Å². The minimum Gasteiger partial charge on any atom is -0.366 e. The minimum atomic E-state index is -0.532. The molecule has 1 amide bonds. The molecule has 3 aromatic rings. The Morgan fingerprint density at radius 1 is 1.15 bits per heavy atom. The van der Waals surface area contributed by atoms with Gasteiger partial charge in [0.05, 0.1) is 10.6 Å². The summed E-state index contributed by atoms with van der Waals surface area (Å²) in [6.07, 6.45) is 3.11. The monoisotopic (exact) mass is 501 g/mol. The van der Waals surface area contributed by atoms with Crippen molar-refractivity contribution in [2.45, 2.75) is 19.3 Å². The molecular weight excluding hydrogens is 482 g/mol. The topological polar surface area (TPSA) is 100 Å². The fraction of sp³-hybridized carbons (Fsp3) is 0.227. The van der Waals surface area contributed by atoms with Gasteiger partial charge in [-0.2, -0.15) is 0 Å². The largest absolute Gasteiger partial charge is 0.366 e. The fourth-order valence-corrected chi connectivity index (χ4v) is 4.71. The van der Waals surface area contributed by atoms with Crippen molar-refractivity contribution in [3.05, 3.63) is 68.5 Å². The molecule has 1 fully saturated rings. The molecule has 11 heteroatoms. The molecule has 0 aliphatic carbocycles. The summed E-state index contributed by atoms with van der Waals surface area (Å²) in [6.45, 7) is 1.54. The van der Waals surface area contributed by atoms with Crippen LogP contribution in [-0.2, 0) is 0 Å². The van der Waals surface area contributed by atoms with Gasteiger partial charge in [-0.1, -0.05) is 23.7 Å². The number of aromatic nitrogens is 1. The smallest absolute Gasteiger partial charge is 0.293 e. The molecule has 2 aromatic carbocycles. The number of halogens is 1. The summed E-state index contributed by atoms with van der Waals surface area (Å²) >= 11 is 12.5. The molecule has 0 radical (unpaired) electrons. The Hall–Kier alpha value is -3.08. The molecule has 0 saturated carbocycles. The zero-order valence-corrected chi connectivity index (χ0v) is 19.8. The highest BCUT2D eigenvalue weighted by Gasteiger charge is 2.23. The SMILES string of the molecule is O=C(NC(=S)Nc1nc(-c2ccc(Cl)cc2)cs1)c1ccc(N2CCCCC2)c([N+](=O)[O-])c1. The molecule has 0 atom stereocenters. The lowest BCUT2D eigenvalue weighted by Gasteiger charge is -2.28. The highest BCUT2D eigenvalue weighted by molar-refractivity contribution is 7.80. The molecule has 1 aromatic heterocycles. The number of nitro groups is 1. The number of thiazole rings is 1. The van der Waals surface area contributed by atoms with Gasteiger partial charge in [0.2, 0.25) is 0 Å². The van der Waals surface area contributed by atoms with Crippen LogP contribution in [-0.4, -0.2) is 34.0 Å². The molecule has 0 bridgehead atoms. The number of nitrogens with zero attached hydrogens (tertiary/aromatic N) is 3. The van der Waals surface area contributed by atoms with E-state index < -0.39 is 10.8 Å². The van der Waals surface area contributed by atoms with Crippen molar-refractivity contribution in [2.24, 2.45) is 0 Å². The van der Waals surface area contributed by atoms with Crippen LogP contribution in [0.15, 0.2) is 47.8 Å². The first-order chi connectivity index (χ1) is 15.9. The zero-order valence-electron chi connectivity index (χ0n) is 17.4. The van der Waals surface area contributed by atoms with Crippen molar-refractivity contribution < 1.29 is 9.72 Å². The highest BCUT2D eigenvalue weighted by atomic mass is 35.5. The number of hydrogen-bond donors (Lipinski definition) is 2. The molecule has 1 saturated heterocycles. The molecule has 4 rings (SSSR count). The number of nitro benzene ring substituents is 1. The van der Waals surface area contributed by atoms with Gasteiger partial charge in [-0.3, -0.25) is 20.2 Å². The molecule has 0 unspecified atom stereocenters. The number of carbonyl (C=O) groups is 1. The van der Waals surface area contributed by atoms with Crippen molar-refractivity contribution in [2.75, 3.05) is 23.3 Å². The van der Waals surface area contributed by atoms with E-state index in [1.807, 2.05) is 22.4 Å². The lowest BCUT2D eigenvalue weighted by Crippen LogP contribution is -2.34. The predicted octanol–water partition coefficient (Wildman–Crippen LogP) is 5.49. The Kier molecular flexibility index (Phi) is 7.17. The van der Waals surface area contributed by atoms with Crippen LogP contribution in [0.1, 0.15) is 29.6 Å². The Labute approximate surface area is 204 Å². The van der Waals surface area contributed by atoms with Crippen LogP contribution in [0.5, 0.6) is 0 Å². The molecular formula is C22H20ClN5O3S2. The predicted molar refractivity (Wildman–Crippen MR) is 135 cm³/mol. The Balaban J connectivity index is 1.42. The number of benzene rings is 2. The molecule has 0 spiro atoms. The minimum absolute atomic E-state index is 0.0553. The summed E-state index contributed by atoms with van der Waals surface area (Å²) in [5.74, 6) is -0.532. The average molecular weight is 502 g/mol. The number of amides is 1. The van der Waals surface area contributed by atoms with Gasteiger partial charge in [0.1, 0.15) is 5.69 Å². The third-order valence-corrected chi connectivity index (χ3v) is 6.44. The second-order valence-electron chi connectivity index (χ2n) is 7.46. The van der Waals surface area contributed by atoms with Gasteiger partial charge in [-0.15, -0.1) is 11.3 Å². The second-order valence-corrected chi connectivity index (χ2v) is 9.16. The number of anilines is 2. The van der Waals surface area contributed by atoms with Gasteiger partial charge in [-0.25, -0.2) is 4.98 Å². The standard InChI is InChI=1S/C22H20ClN5O3S2/c23-16-7-4-14(5-8-16)17-13-33-22(24-17)26-21(32)25-20(29)15-6-9-18(19(12-15)28(30)31)27-10-2-1-3-11-27/h4-9,12-13H,1-3,10-11H2,(H2,24,25,26,29,32). The second kappa shape index (κ2) is 10.2. The highest BCUT2D eigenvalue weighted by Crippen LogP contribution is 2.31. The number of carbonyl (C=O) groups excluding carboxylic acids is 1. The lowest BCUT2D eigenvalue weighted by molar-refractivity contribution is -0.384. The molecule has 1 aliphatic heterocycles. The number of piperidine rings is 1. The van der Waals surface area contributed by atoms with Gasteiger partial charge in [0.25, 0.3) is 11.6 Å². The van der Waals surface area contributed by atoms with E-state index in [-0.39, 0.29) is 16.4 Å². The van der Waals surface area contributed by atoms with Gasteiger partial charge < -0.3 is 10.2 Å². The summed E-state index contributed by atoms with van der Waals surface area (Å²) in [6, 6.07) is 11.8. The van der Waals surface area contributed by atoms with E-state index in [4.69, 9.17) is 23.8 Å². The van der Waals surface area contributed by atoms with E-state index in [1.165, 1.54) is 17.4 Å². The Bertz CT molecular complexity index is 1190.